The summed E-state index contributed by atoms with van der Waals surface area (Å²) >= 11 is 0. The number of unbranched alkanes of at least 4 members (excludes halogenated alkanes) is 1. The fourth-order valence-corrected chi connectivity index (χ4v) is 1.83. The summed E-state index contributed by atoms with van der Waals surface area (Å²) in [6.45, 7) is 9.74. The lowest BCUT2D eigenvalue weighted by Crippen LogP contribution is -2.10. The van der Waals surface area contributed by atoms with Crippen LogP contribution in [0.25, 0.3) is 0 Å². The third-order valence-electron chi connectivity index (χ3n) is 3.29. The second kappa shape index (κ2) is 11.7. The van der Waals surface area contributed by atoms with Crippen LogP contribution in [0, 0.1) is 10.8 Å². The molecule has 1 atom stereocenters. The minimum absolute atomic E-state index is 0.192. The Morgan fingerprint density at radius 2 is 1.95 bits per heavy atom. The fourth-order valence-electron chi connectivity index (χ4n) is 1.83. The van der Waals surface area contributed by atoms with Crippen molar-refractivity contribution in [3.8, 4) is 0 Å². The molecule has 122 valence electrons. The molecule has 0 aliphatic heterocycles. The Morgan fingerprint density at radius 3 is 2.45 bits per heavy atom. The van der Waals surface area contributed by atoms with Crippen LogP contribution in [-0.4, -0.2) is 17.6 Å². The Morgan fingerprint density at radius 1 is 1.27 bits per heavy atom. The molecular weight excluding hydrogens is 278 g/mol. The average Bonchev–Trinajstić information content (AvgIpc) is 2.49. The summed E-state index contributed by atoms with van der Waals surface area (Å²) in [5.74, 6) is -1.50. The molecule has 0 saturated carbocycles. The van der Waals surface area contributed by atoms with Crippen molar-refractivity contribution in [1.29, 1.82) is 0 Å². The van der Waals surface area contributed by atoms with E-state index in [2.05, 4.69) is 31.7 Å². The molecule has 0 aromatic heterocycles. The molecule has 4 nitrogen and oxygen atoms in total. The van der Waals surface area contributed by atoms with Gasteiger partial charge in [-0.05, 0) is 36.5 Å². The van der Waals surface area contributed by atoms with E-state index in [0.717, 1.165) is 36.8 Å². The number of nitrogens with zero attached hydrogens (tertiary/aromatic N) is 1. The first kappa shape index (κ1) is 20.0. The molecule has 0 aliphatic carbocycles. The van der Waals surface area contributed by atoms with Gasteiger partial charge in [-0.3, -0.25) is 4.79 Å². The van der Waals surface area contributed by atoms with E-state index in [4.69, 9.17) is 5.11 Å². The van der Waals surface area contributed by atoms with Crippen LogP contribution in [0.5, 0.6) is 0 Å². The molecule has 0 spiro atoms. The predicted molar refractivity (Wildman–Crippen MR) is 91.7 cm³/mol. The van der Waals surface area contributed by atoms with Gasteiger partial charge in [0.25, 0.3) is 0 Å². The van der Waals surface area contributed by atoms with Gasteiger partial charge >= 0.3 is 5.97 Å². The fraction of sp³-hybridized carbons (Fsp3) is 0.500. The zero-order chi connectivity index (χ0) is 17.0. The summed E-state index contributed by atoms with van der Waals surface area (Å²) < 4.78 is 0. The Labute approximate surface area is 133 Å². The number of rotatable bonds is 11. The van der Waals surface area contributed by atoms with E-state index in [1.54, 1.807) is 13.0 Å². The van der Waals surface area contributed by atoms with Gasteiger partial charge < -0.3 is 5.11 Å². The SMILES string of the molecule is C=C(/C=C\C(=CCCC)/C=C(/CCC)CN=O)C(C)C(=O)O. The van der Waals surface area contributed by atoms with Crippen LogP contribution in [-0.2, 0) is 4.79 Å². The van der Waals surface area contributed by atoms with Gasteiger partial charge in [0.05, 0.1) is 5.92 Å². The molecule has 0 fully saturated rings. The number of hydrogen-bond donors (Lipinski definition) is 1. The molecule has 4 heteroatoms. The third-order valence-corrected chi connectivity index (χ3v) is 3.29. The molecule has 0 aromatic rings. The molecule has 0 heterocycles. The summed E-state index contributed by atoms with van der Waals surface area (Å²) in [6, 6.07) is 0. The number of allylic oxidation sites excluding steroid dienone is 5. The molecule has 0 amide bonds. The molecule has 0 radical (unpaired) electrons. The second-order valence-electron chi connectivity index (χ2n) is 5.30. The Balaban J connectivity index is 5.21. The molecule has 0 aliphatic rings. The highest BCUT2D eigenvalue weighted by molar-refractivity contribution is 5.73. The van der Waals surface area contributed by atoms with Crippen LogP contribution < -0.4 is 0 Å². The van der Waals surface area contributed by atoms with E-state index >= 15 is 0 Å². The Hall–Kier alpha value is -1.97. The van der Waals surface area contributed by atoms with Gasteiger partial charge in [-0.1, -0.05) is 62.7 Å². The highest BCUT2D eigenvalue weighted by Gasteiger charge is 2.12. The quantitative estimate of drug-likeness (QED) is 0.429. The predicted octanol–water partition coefficient (Wildman–Crippen LogP) is 5.04. The van der Waals surface area contributed by atoms with E-state index in [1.165, 1.54) is 0 Å². The number of nitroso groups, excluding NO2 is 1. The largest absolute Gasteiger partial charge is 0.481 e. The Bertz CT molecular complexity index is 473. The monoisotopic (exact) mass is 305 g/mol. The van der Waals surface area contributed by atoms with Crippen molar-refractivity contribution >= 4 is 5.97 Å². The molecule has 0 rings (SSSR count). The normalized spacial score (nSPS) is 14.1. The standard InChI is InChI=1S/C18H27NO3/c1-5-7-9-16(12-17(8-6-2)13-19-22)11-10-14(3)15(4)18(20)21/h9-12,15H,3,5-8,13H2,1-2,4H3,(H,20,21)/b11-10-,16-9?,17-12-. The summed E-state index contributed by atoms with van der Waals surface area (Å²) in [7, 11) is 0. The topological polar surface area (TPSA) is 66.7 Å². The van der Waals surface area contributed by atoms with Gasteiger partial charge in [-0.2, -0.15) is 4.91 Å². The summed E-state index contributed by atoms with van der Waals surface area (Å²) in [6.07, 6.45) is 11.4. The third kappa shape index (κ3) is 8.35. The number of carboxylic acids is 1. The van der Waals surface area contributed by atoms with Crippen molar-refractivity contribution in [1.82, 2.24) is 0 Å². The second-order valence-corrected chi connectivity index (χ2v) is 5.30. The van der Waals surface area contributed by atoms with Crippen molar-refractivity contribution in [3.63, 3.8) is 0 Å². The highest BCUT2D eigenvalue weighted by Crippen LogP contribution is 2.15. The highest BCUT2D eigenvalue weighted by atomic mass is 16.4. The maximum absolute atomic E-state index is 10.9. The molecule has 0 aromatic carbocycles. The smallest absolute Gasteiger partial charge is 0.310 e. The minimum Gasteiger partial charge on any atom is -0.481 e. The summed E-state index contributed by atoms with van der Waals surface area (Å²) in [5.41, 5.74) is 2.50. The minimum atomic E-state index is -0.888. The van der Waals surface area contributed by atoms with Gasteiger partial charge in [0.15, 0.2) is 0 Å². The van der Waals surface area contributed by atoms with Crippen molar-refractivity contribution in [2.45, 2.75) is 46.5 Å². The first-order valence-electron chi connectivity index (χ1n) is 7.74. The first-order valence-corrected chi connectivity index (χ1v) is 7.74. The molecular formula is C18H27NO3. The van der Waals surface area contributed by atoms with Gasteiger partial charge in [0.2, 0.25) is 0 Å². The van der Waals surface area contributed by atoms with Crippen LogP contribution in [0.4, 0.5) is 0 Å². The van der Waals surface area contributed by atoms with Crippen LogP contribution >= 0.6 is 0 Å². The van der Waals surface area contributed by atoms with Gasteiger partial charge in [0, 0.05) is 0 Å². The number of hydrogen-bond acceptors (Lipinski definition) is 3. The molecule has 0 saturated heterocycles. The van der Waals surface area contributed by atoms with Crippen LogP contribution in [0.3, 0.4) is 0 Å². The van der Waals surface area contributed by atoms with E-state index in [9.17, 15) is 9.70 Å². The lowest BCUT2D eigenvalue weighted by molar-refractivity contribution is -0.139. The average molecular weight is 305 g/mol. The number of carboxylic acid groups (broad SMARTS) is 1. The number of aliphatic carboxylic acids is 1. The molecule has 1 unspecified atom stereocenters. The first-order chi connectivity index (χ1) is 10.5. The molecule has 22 heavy (non-hydrogen) atoms. The van der Waals surface area contributed by atoms with Gasteiger partial charge in [0.1, 0.15) is 6.54 Å². The van der Waals surface area contributed by atoms with Gasteiger partial charge in [-0.25, -0.2) is 0 Å². The maximum Gasteiger partial charge on any atom is 0.310 e. The van der Waals surface area contributed by atoms with Gasteiger partial charge in [-0.15, -0.1) is 0 Å². The molecule has 1 N–H and O–H groups in total. The molecule has 0 bridgehead atoms. The van der Waals surface area contributed by atoms with Crippen molar-refractivity contribution in [2.75, 3.05) is 6.54 Å². The van der Waals surface area contributed by atoms with Crippen molar-refractivity contribution in [2.24, 2.45) is 11.1 Å². The van der Waals surface area contributed by atoms with E-state index in [0.29, 0.717) is 5.57 Å². The zero-order valence-corrected chi connectivity index (χ0v) is 13.8. The van der Waals surface area contributed by atoms with E-state index < -0.39 is 11.9 Å². The Kier molecular flexibility index (Phi) is 10.6. The zero-order valence-electron chi connectivity index (χ0n) is 13.8. The van der Waals surface area contributed by atoms with Crippen LogP contribution in [0.15, 0.2) is 52.8 Å². The van der Waals surface area contributed by atoms with Crippen LogP contribution in [0.2, 0.25) is 0 Å². The van der Waals surface area contributed by atoms with Crippen molar-refractivity contribution in [3.05, 3.63) is 52.5 Å². The van der Waals surface area contributed by atoms with E-state index in [-0.39, 0.29) is 6.54 Å². The lowest BCUT2D eigenvalue weighted by Gasteiger charge is -2.06. The van der Waals surface area contributed by atoms with Crippen LogP contribution in [0.1, 0.15) is 46.5 Å². The maximum atomic E-state index is 10.9. The van der Waals surface area contributed by atoms with E-state index in [1.807, 2.05) is 12.2 Å². The summed E-state index contributed by atoms with van der Waals surface area (Å²) in [4.78, 5) is 21.4. The lowest BCUT2D eigenvalue weighted by atomic mass is 10.0. The van der Waals surface area contributed by atoms with Crippen molar-refractivity contribution < 1.29 is 9.90 Å². The summed E-state index contributed by atoms with van der Waals surface area (Å²) in [5, 5.41) is 11.9. The number of carbonyl (C=O) groups is 1.